The first-order chi connectivity index (χ1) is 18.9. The molecule has 5 heterocycles. The Balaban J connectivity index is 1.21. The van der Waals surface area contributed by atoms with Crippen molar-refractivity contribution in [2.75, 3.05) is 64.8 Å². The molecule has 0 spiro atoms. The number of anilines is 1. The number of aromatic nitrogens is 1. The van der Waals surface area contributed by atoms with Crippen LogP contribution in [-0.2, 0) is 9.53 Å². The molecule has 0 radical (unpaired) electrons. The van der Waals surface area contributed by atoms with Gasteiger partial charge in [0, 0.05) is 68.1 Å². The highest BCUT2D eigenvalue weighted by Crippen LogP contribution is 2.38. The number of piperazine rings is 1. The number of aromatic amines is 1. The summed E-state index contributed by atoms with van der Waals surface area (Å²) < 4.78 is 5.55. The summed E-state index contributed by atoms with van der Waals surface area (Å²) in [5.41, 5.74) is 7.12. The van der Waals surface area contributed by atoms with Gasteiger partial charge in [-0.15, -0.1) is 0 Å². The highest BCUT2D eigenvalue weighted by Gasteiger charge is 2.31. The van der Waals surface area contributed by atoms with Gasteiger partial charge in [-0.3, -0.25) is 9.59 Å². The van der Waals surface area contributed by atoms with Gasteiger partial charge in [0.05, 0.1) is 11.1 Å². The van der Waals surface area contributed by atoms with E-state index in [1.165, 1.54) is 5.56 Å². The molecule has 2 amide bonds. The van der Waals surface area contributed by atoms with Crippen molar-refractivity contribution in [3.63, 3.8) is 0 Å². The molecule has 1 aromatic heterocycles. The molecular weight excluding hydrogens is 490 g/mol. The van der Waals surface area contributed by atoms with E-state index >= 15 is 0 Å². The van der Waals surface area contributed by atoms with Gasteiger partial charge in [-0.05, 0) is 94.9 Å². The average Bonchev–Trinajstić information content (AvgIpc) is 3.42. The number of benzene rings is 1. The van der Waals surface area contributed by atoms with Crippen molar-refractivity contribution in [1.29, 1.82) is 0 Å². The molecule has 0 saturated carbocycles. The van der Waals surface area contributed by atoms with Crippen LogP contribution < -0.4 is 5.32 Å². The number of carbonyl (C=O) groups excluding carboxylic acids is 2. The number of amides is 2. The molecule has 1 aromatic carbocycles. The van der Waals surface area contributed by atoms with Crippen LogP contribution in [0.4, 0.5) is 5.69 Å². The lowest BCUT2D eigenvalue weighted by Gasteiger charge is -2.39. The first-order valence-corrected chi connectivity index (χ1v) is 14.5. The van der Waals surface area contributed by atoms with Crippen LogP contribution in [0.15, 0.2) is 18.2 Å². The van der Waals surface area contributed by atoms with Crippen molar-refractivity contribution in [2.45, 2.75) is 51.5 Å². The van der Waals surface area contributed by atoms with Crippen molar-refractivity contribution >= 4 is 29.2 Å². The lowest BCUT2D eigenvalue weighted by molar-refractivity contribution is -0.110. The Morgan fingerprint density at radius 1 is 1.00 bits per heavy atom. The Morgan fingerprint density at radius 2 is 1.72 bits per heavy atom. The molecule has 0 unspecified atom stereocenters. The number of H-pyrrole nitrogens is 1. The molecule has 0 atom stereocenters. The van der Waals surface area contributed by atoms with E-state index in [1.807, 2.05) is 24.8 Å². The second-order valence-electron chi connectivity index (χ2n) is 11.7. The molecule has 208 valence electrons. The topological polar surface area (TPSA) is 80.9 Å². The van der Waals surface area contributed by atoms with Crippen molar-refractivity contribution in [3.05, 3.63) is 51.8 Å². The van der Waals surface area contributed by atoms with Gasteiger partial charge in [0.1, 0.15) is 0 Å². The highest BCUT2D eigenvalue weighted by molar-refractivity contribution is 6.35. The van der Waals surface area contributed by atoms with Crippen molar-refractivity contribution < 1.29 is 14.3 Å². The lowest BCUT2D eigenvalue weighted by atomic mass is 9.86. The van der Waals surface area contributed by atoms with Crippen LogP contribution in [0, 0.1) is 13.8 Å². The van der Waals surface area contributed by atoms with Crippen LogP contribution in [0.1, 0.15) is 70.0 Å². The van der Waals surface area contributed by atoms with Gasteiger partial charge >= 0.3 is 0 Å². The number of likely N-dealkylation sites (tertiary alicyclic amines) is 1. The number of nitrogens with zero attached hydrogens (tertiary/aromatic N) is 3. The quantitative estimate of drug-likeness (QED) is 0.586. The summed E-state index contributed by atoms with van der Waals surface area (Å²) >= 11 is 0. The first-order valence-electron chi connectivity index (χ1n) is 14.5. The molecule has 3 fully saturated rings. The van der Waals surface area contributed by atoms with Crippen LogP contribution in [0.3, 0.4) is 0 Å². The summed E-state index contributed by atoms with van der Waals surface area (Å²) in [5.74, 6) is 0.491. The lowest BCUT2D eigenvalue weighted by Crippen LogP contribution is -2.47. The number of nitrogens with one attached hydrogen (secondary N) is 2. The van der Waals surface area contributed by atoms with Crippen LogP contribution in [-0.4, -0.2) is 97.1 Å². The average molecular weight is 532 g/mol. The van der Waals surface area contributed by atoms with E-state index < -0.39 is 0 Å². The SMILES string of the molecule is Cc1[nH]c(C=C2C(=O)Nc3ccc(C4CCN(C5CCOCC5)CC4)cc32)c(C)c1C(=O)N1CCN(C)CC1. The Labute approximate surface area is 231 Å². The fraction of sp³-hybridized carbons (Fsp3) is 0.548. The van der Waals surface area contributed by atoms with Gasteiger partial charge < -0.3 is 29.7 Å². The number of aryl methyl sites for hydroxylation is 1. The zero-order chi connectivity index (χ0) is 27.1. The van der Waals surface area contributed by atoms with Crippen molar-refractivity contribution in [1.82, 2.24) is 19.7 Å². The monoisotopic (exact) mass is 531 g/mol. The molecule has 8 nitrogen and oxygen atoms in total. The molecule has 4 aliphatic rings. The van der Waals surface area contributed by atoms with Gasteiger partial charge in [0.25, 0.3) is 11.8 Å². The molecule has 4 aliphatic heterocycles. The predicted molar refractivity (Wildman–Crippen MR) is 154 cm³/mol. The molecule has 2 N–H and O–H groups in total. The third-order valence-corrected chi connectivity index (χ3v) is 9.30. The summed E-state index contributed by atoms with van der Waals surface area (Å²) in [6, 6.07) is 7.13. The van der Waals surface area contributed by atoms with Crippen LogP contribution in [0.25, 0.3) is 11.6 Å². The van der Waals surface area contributed by atoms with Gasteiger partial charge in [-0.2, -0.15) is 0 Å². The highest BCUT2D eigenvalue weighted by atomic mass is 16.5. The number of ether oxygens (including phenoxy) is 1. The van der Waals surface area contributed by atoms with E-state index in [0.717, 1.165) is 112 Å². The summed E-state index contributed by atoms with van der Waals surface area (Å²) in [6.45, 7) is 11.2. The standard InChI is InChI=1S/C31H41N5O3/c1-20-28(32-21(2)29(20)31(38)36-14-12-34(3)13-15-36)19-26-25-18-23(4-5-27(25)33-30(26)37)22-6-10-35(11-7-22)24-8-16-39-17-9-24/h4-5,18-19,22,24,32H,6-17H2,1-3H3,(H,33,37). The minimum Gasteiger partial charge on any atom is -0.381 e. The summed E-state index contributed by atoms with van der Waals surface area (Å²) in [6.07, 6.45) is 6.51. The second-order valence-corrected chi connectivity index (χ2v) is 11.7. The maximum absolute atomic E-state index is 13.4. The maximum Gasteiger partial charge on any atom is 0.256 e. The number of likely N-dealkylation sites (N-methyl/N-ethyl adjacent to an activating group) is 1. The van der Waals surface area contributed by atoms with Crippen LogP contribution in [0.5, 0.6) is 0 Å². The Hall–Kier alpha value is -2.94. The molecule has 39 heavy (non-hydrogen) atoms. The summed E-state index contributed by atoms with van der Waals surface area (Å²) in [7, 11) is 2.09. The Morgan fingerprint density at radius 3 is 2.44 bits per heavy atom. The number of rotatable bonds is 4. The minimum absolute atomic E-state index is 0.0738. The summed E-state index contributed by atoms with van der Waals surface area (Å²) in [4.78, 5) is 36.7. The molecule has 0 aliphatic carbocycles. The van der Waals surface area contributed by atoms with Crippen molar-refractivity contribution in [2.24, 2.45) is 0 Å². The van der Waals surface area contributed by atoms with E-state index in [2.05, 4.69) is 45.3 Å². The largest absolute Gasteiger partial charge is 0.381 e. The third-order valence-electron chi connectivity index (χ3n) is 9.30. The smallest absolute Gasteiger partial charge is 0.256 e. The van der Waals surface area contributed by atoms with Gasteiger partial charge in [-0.1, -0.05) is 6.07 Å². The molecule has 0 bridgehead atoms. The molecule has 8 heteroatoms. The molecule has 2 aromatic rings. The number of fused-ring (bicyclic) bond motifs is 1. The van der Waals surface area contributed by atoms with E-state index in [0.29, 0.717) is 17.5 Å². The fourth-order valence-electron chi connectivity index (χ4n) is 6.80. The normalized spacial score (nSPS) is 22.9. The van der Waals surface area contributed by atoms with Crippen LogP contribution >= 0.6 is 0 Å². The molecule has 6 rings (SSSR count). The zero-order valence-corrected chi connectivity index (χ0v) is 23.5. The van der Waals surface area contributed by atoms with E-state index in [1.54, 1.807) is 0 Å². The fourth-order valence-corrected chi connectivity index (χ4v) is 6.80. The van der Waals surface area contributed by atoms with Gasteiger partial charge in [0.15, 0.2) is 0 Å². The van der Waals surface area contributed by atoms with Gasteiger partial charge in [-0.25, -0.2) is 0 Å². The Bertz CT molecular complexity index is 1280. The van der Waals surface area contributed by atoms with Crippen molar-refractivity contribution in [3.8, 4) is 0 Å². The van der Waals surface area contributed by atoms with E-state index in [4.69, 9.17) is 4.74 Å². The summed E-state index contributed by atoms with van der Waals surface area (Å²) in [5, 5.41) is 3.05. The van der Waals surface area contributed by atoms with E-state index in [9.17, 15) is 9.59 Å². The minimum atomic E-state index is -0.0879. The Kier molecular flexibility index (Phi) is 7.35. The number of hydrogen-bond acceptors (Lipinski definition) is 5. The predicted octanol–water partition coefficient (Wildman–Crippen LogP) is 3.87. The van der Waals surface area contributed by atoms with Crippen LogP contribution in [0.2, 0.25) is 0 Å². The van der Waals surface area contributed by atoms with E-state index in [-0.39, 0.29) is 11.8 Å². The number of piperidine rings is 1. The number of hydrogen-bond donors (Lipinski definition) is 2. The molecular formula is C31H41N5O3. The first kappa shape index (κ1) is 26.3. The molecule has 3 saturated heterocycles. The second kappa shape index (κ2) is 10.9. The maximum atomic E-state index is 13.4. The zero-order valence-electron chi connectivity index (χ0n) is 23.5. The third kappa shape index (κ3) is 5.17. The van der Waals surface area contributed by atoms with Gasteiger partial charge in [0.2, 0.25) is 0 Å². The number of carbonyl (C=O) groups is 2.